The summed E-state index contributed by atoms with van der Waals surface area (Å²) in [6.07, 6.45) is 1.66. The van der Waals surface area contributed by atoms with Gasteiger partial charge in [0.1, 0.15) is 11.2 Å². The molecule has 0 spiro atoms. The van der Waals surface area contributed by atoms with Gasteiger partial charge in [-0.2, -0.15) is 0 Å². The van der Waals surface area contributed by atoms with Crippen molar-refractivity contribution in [3.63, 3.8) is 0 Å². The molecule has 1 N–H and O–H groups in total. The minimum atomic E-state index is -0.205. The SMILES string of the molecule is Cc1nc(NC(=O)CCn2cnnn2)sc1C(=O)N(C)C. The summed E-state index contributed by atoms with van der Waals surface area (Å²) in [6, 6.07) is 0. The first kappa shape index (κ1) is 15.0. The van der Waals surface area contributed by atoms with E-state index in [0.29, 0.717) is 22.2 Å². The first-order valence-corrected chi connectivity index (χ1v) is 6.98. The van der Waals surface area contributed by atoms with Crippen molar-refractivity contribution in [3.8, 4) is 0 Å². The van der Waals surface area contributed by atoms with Crippen molar-refractivity contribution in [2.45, 2.75) is 19.9 Å². The van der Waals surface area contributed by atoms with Crippen LogP contribution < -0.4 is 5.32 Å². The van der Waals surface area contributed by atoms with Gasteiger partial charge in [0.2, 0.25) is 5.91 Å². The van der Waals surface area contributed by atoms with E-state index >= 15 is 0 Å². The number of nitrogens with zero attached hydrogens (tertiary/aromatic N) is 6. The van der Waals surface area contributed by atoms with Crippen LogP contribution in [0.1, 0.15) is 21.8 Å². The highest BCUT2D eigenvalue weighted by molar-refractivity contribution is 7.17. The highest BCUT2D eigenvalue weighted by Crippen LogP contribution is 2.23. The van der Waals surface area contributed by atoms with Crippen molar-refractivity contribution in [1.29, 1.82) is 0 Å². The predicted octanol–water partition coefficient (Wildman–Crippen LogP) is 0.169. The number of aromatic nitrogens is 5. The molecule has 0 aliphatic heterocycles. The molecule has 2 amide bonds. The number of aryl methyl sites for hydroxylation is 2. The van der Waals surface area contributed by atoms with Crippen LogP contribution in [0.2, 0.25) is 0 Å². The third-order valence-electron chi connectivity index (χ3n) is 2.60. The molecule has 2 rings (SSSR count). The number of carbonyl (C=O) groups is 2. The second-order valence-electron chi connectivity index (χ2n) is 4.50. The zero-order valence-electron chi connectivity index (χ0n) is 11.9. The lowest BCUT2D eigenvalue weighted by Gasteiger charge is -2.07. The summed E-state index contributed by atoms with van der Waals surface area (Å²) in [5, 5.41) is 13.7. The van der Waals surface area contributed by atoms with Crippen molar-refractivity contribution in [1.82, 2.24) is 30.1 Å². The van der Waals surface area contributed by atoms with E-state index in [-0.39, 0.29) is 18.2 Å². The first-order valence-electron chi connectivity index (χ1n) is 6.17. The molecule has 0 saturated heterocycles. The van der Waals surface area contributed by atoms with Gasteiger partial charge in [0.05, 0.1) is 12.2 Å². The van der Waals surface area contributed by atoms with Crippen LogP contribution in [-0.4, -0.2) is 56.0 Å². The fourth-order valence-electron chi connectivity index (χ4n) is 1.53. The van der Waals surface area contributed by atoms with Crippen LogP contribution in [0.5, 0.6) is 0 Å². The molecule has 21 heavy (non-hydrogen) atoms. The summed E-state index contributed by atoms with van der Waals surface area (Å²) in [5.41, 5.74) is 0.606. The molecule has 0 radical (unpaired) electrons. The molecule has 0 unspecified atom stereocenters. The Balaban J connectivity index is 1.95. The number of anilines is 1. The van der Waals surface area contributed by atoms with E-state index in [1.165, 1.54) is 27.2 Å². The average Bonchev–Trinajstić information content (AvgIpc) is 3.05. The summed E-state index contributed by atoms with van der Waals surface area (Å²) in [4.78, 5) is 29.9. The number of nitrogens with one attached hydrogen (secondary N) is 1. The Labute approximate surface area is 125 Å². The van der Waals surface area contributed by atoms with E-state index in [4.69, 9.17) is 0 Å². The number of thiazole rings is 1. The first-order chi connectivity index (χ1) is 9.97. The number of tetrazole rings is 1. The van der Waals surface area contributed by atoms with Gasteiger partial charge in [0.15, 0.2) is 5.13 Å². The second-order valence-corrected chi connectivity index (χ2v) is 5.50. The minimum Gasteiger partial charge on any atom is -0.344 e. The second kappa shape index (κ2) is 6.39. The molecule has 0 saturated carbocycles. The lowest BCUT2D eigenvalue weighted by molar-refractivity contribution is -0.116. The monoisotopic (exact) mass is 309 g/mol. The topological polar surface area (TPSA) is 106 Å². The van der Waals surface area contributed by atoms with E-state index in [1.54, 1.807) is 21.0 Å². The lowest BCUT2D eigenvalue weighted by atomic mass is 10.3. The van der Waals surface area contributed by atoms with Crippen LogP contribution in [0.15, 0.2) is 6.33 Å². The minimum absolute atomic E-state index is 0.126. The van der Waals surface area contributed by atoms with Crippen LogP contribution in [0.4, 0.5) is 5.13 Å². The number of carbonyl (C=O) groups excluding carboxylic acids is 2. The molecule has 2 aromatic rings. The van der Waals surface area contributed by atoms with Crippen molar-refractivity contribution in [2.75, 3.05) is 19.4 Å². The van der Waals surface area contributed by atoms with E-state index in [1.807, 2.05) is 0 Å². The lowest BCUT2D eigenvalue weighted by Crippen LogP contribution is -2.21. The van der Waals surface area contributed by atoms with Gasteiger partial charge in [-0.05, 0) is 17.4 Å². The Morgan fingerprint density at radius 1 is 1.43 bits per heavy atom. The maximum atomic E-state index is 11.9. The van der Waals surface area contributed by atoms with Gasteiger partial charge in [-0.3, -0.25) is 9.59 Å². The third kappa shape index (κ3) is 3.81. The molecule has 0 aliphatic carbocycles. The Morgan fingerprint density at radius 2 is 2.19 bits per heavy atom. The van der Waals surface area contributed by atoms with Gasteiger partial charge in [-0.25, -0.2) is 9.67 Å². The van der Waals surface area contributed by atoms with Crippen molar-refractivity contribution in [3.05, 3.63) is 16.9 Å². The van der Waals surface area contributed by atoms with E-state index in [9.17, 15) is 9.59 Å². The van der Waals surface area contributed by atoms with Gasteiger partial charge in [0, 0.05) is 20.5 Å². The summed E-state index contributed by atoms with van der Waals surface area (Å²) in [5.74, 6) is -0.331. The summed E-state index contributed by atoms with van der Waals surface area (Å²) in [7, 11) is 3.35. The Morgan fingerprint density at radius 3 is 2.81 bits per heavy atom. The summed E-state index contributed by atoms with van der Waals surface area (Å²) < 4.78 is 1.47. The molecule has 0 fully saturated rings. The predicted molar refractivity (Wildman–Crippen MR) is 75.9 cm³/mol. The number of rotatable bonds is 5. The van der Waals surface area contributed by atoms with Gasteiger partial charge in [-0.15, -0.1) is 5.10 Å². The van der Waals surface area contributed by atoms with Crippen LogP contribution in [-0.2, 0) is 11.3 Å². The molecule has 0 bridgehead atoms. The average molecular weight is 309 g/mol. The molecular weight excluding hydrogens is 294 g/mol. The van der Waals surface area contributed by atoms with Crippen molar-refractivity contribution >= 4 is 28.3 Å². The van der Waals surface area contributed by atoms with E-state index < -0.39 is 0 Å². The van der Waals surface area contributed by atoms with Gasteiger partial charge in [-0.1, -0.05) is 11.3 Å². The highest BCUT2D eigenvalue weighted by atomic mass is 32.1. The molecular formula is C11H15N7O2S. The number of hydrogen-bond acceptors (Lipinski definition) is 7. The van der Waals surface area contributed by atoms with Crippen LogP contribution in [0, 0.1) is 6.92 Å². The molecule has 0 aliphatic rings. The zero-order chi connectivity index (χ0) is 15.4. The van der Waals surface area contributed by atoms with Crippen LogP contribution in [0.25, 0.3) is 0 Å². The third-order valence-corrected chi connectivity index (χ3v) is 3.66. The maximum Gasteiger partial charge on any atom is 0.265 e. The largest absolute Gasteiger partial charge is 0.344 e. The highest BCUT2D eigenvalue weighted by Gasteiger charge is 2.17. The molecule has 2 heterocycles. The Kier molecular flexibility index (Phi) is 4.58. The van der Waals surface area contributed by atoms with Crippen molar-refractivity contribution < 1.29 is 9.59 Å². The summed E-state index contributed by atoms with van der Waals surface area (Å²) >= 11 is 1.17. The molecule has 0 atom stereocenters. The Hall–Kier alpha value is -2.36. The van der Waals surface area contributed by atoms with Crippen molar-refractivity contribution in [2.24, 2.45) is 0 Å². The van der Waals surface area contributed by atoms with Gasteiger partial charge in [0.25, 0.3) is 5.91 Å². The zero-order valence-corrected chi connectivity index (χ0v) is 12.7. The van der Waals surface area contributed by atoms with Gasteiger partial charge < -0.3 is 10.2 Å². The maximum absolute atomic E-state index is 11.9. The molecule has 10 heteroatoms. The van der Waals surface area contributed by atoms with E-state index in [2.05, 4.69) is 25.8 Å². The van der Waals surface area contributed by atoms with Crippen LogP contribution in [0.3, 0.4) is 0 Å². The quantitative estimate of drug-likeness (QED) is 0.844. The molecule has 9 nitrogen and oxygen atoms in total. The smallest absolute Gasteiger partial charge is 0.265 e. The molecule has 2 aromatic heterocycles. The van der Waals surface area contributed by atoms with Gasteiger partial charge >= 0.3 is 0 Å². The number of amides is 2. The van der Waals surface area contributed by atoms with Crippen LogP contribution >= 0.6 is 11.3 Å². The number of hydrogen-bond donors (Lipinski definition) is 1. The molecule has 112 valence electrons. The normalized spacial score (nSPS) is 10.4. The fourth-order valence-corrected chi connectivity index (χ4v) is 2.54. The standard InChI is InChI=1S/C11H15N7O2S/c1-7-9(10(20)17(2)3)21-11(13-7)14-8(19)4-5-18-6-12-15-16-18/h6H,4-5H2,1-3H3,(H,13,14,19). The summed E-state index contributed by atoms with van der Waals surface area (Å²) in [6.45, 7) is 2.12. The van der Waals surface area contributed by atoms with E-state index in [0.717, 1.165) is 0 Å². The fraction of sp³-hybridized carbons (Fsp3) is 0.455. The Bertz CT molecular complexity index is 635. The molecule has 0 aromatic carbocycles.